The molecule has 1 aliphatic carbocycles. The number of fused-ring (bicyclic) bond motifs is 1. The van der Waals surface area contributed by atoms with Gasteiger partial charge in [0.1, 0.15) is 0 Å². The maximum absolute atomic E-state index is 6.47. The van der Waals surface area contributed by atoms with Crippen LogP contribution < -0.4 is 5.73 Å². The van der Waals surface area contributed by atoms with Gasteiger partial charge in [-0.05, 0) is 36.8 Å². The molecule has 2 nitrogen and oxygen atoms in total. The van der Waals surface area contributed by atoms with Crippen molar-refractivity contribution >= 4 is 10.9 Å². The molecule has 3 rings (SSSR count). The summed E-state index contributed by atoms with van der Waals surface area (Å²) in [4.78, 5) is 4.76. The zero-order valence-corrected chi connectivity index (χ0v) is 13.0. The Morgan fingerprint density at radius 2 is 1.86 bits per heavy atom. The van der Waals surface area contributed by atoms with Crippen LogP contribution in [0.4, 0.5) is 0 Å². The minimum Gasteiger partial charge on any atom is -0.327 e. The van der Waals surface area contributed by atoms with E-state index in [-0.39, 0.29) is 6.04 Å². The minimum atomic E-state index is 0.261. The first-order valence-electron chi connectivity index (χ1n) is 8.36. The van der Waals surface area contributed by atoms with Gasteiger partial charge < -0.3 is 5.73 Å². The molecule has 0 spiro atoms. The number of hydrogen-bond donors (Lipinski definition) is 1. The van der Waals surface area contributed by atoms with Gasteiger partial charge in [-0.25, -0.2) is 0 Å². The van der Waals surface area contributed by atoms with Gasteiger partial charge in [-0.1, -0.05) is 50.5 Å². The number of nitrogens with two attached hydrogens (primary N) is 1. The monoisotopic (exact) mass is 282 g/mol. The molecule has 0 bridgehead atoms. The Balaban J connectivity index is 1.64. The average Bonchev–Trinajstić information content (AvgIpc) is 2.55. The van der Waals surface area contributed by atoms with Crippen molar-refractivity contribution in [2.75, 3.05) is 0 Å². The first-order chi connectivity index (χ1) is 10.3. The van der Waals surface area contributed by atoms with Crippen LogP contribution in [-0.4, -0.2) is 11.0 Å². The Bertz CT molecular complexity index is 585. The second-order valence-corrected chi connectivity index (χ2v) is 6.55. The zero-order chi connectivity index (χ0) is 14.7. The molecule has 0 radical (unpaired) electrons. The Morgan fingerprint density at radius 1 is 1.10 bits per heavy atom. The highest BCUT2D eigenvalue weighted by Crippen LogP contribution is 2.32. The highest BCUT2D eigenvalue weighted by atomic mass is 14.7. The third-order valence-electron chi connectivity index (χ3n) is 5.18. The van der Waals surface area contributed by atoms with Crippen molar-refractivity contribution in [2.45, 2.75) is 51.5 Å². The number of rotatable bonds is 4. The third-order valence-corrected chi connectivity index (χ3v) is 5.18. The van der Waals surface area contributed by atoms with E-state index in [1.165, 1.54) is 37.5 Å². The summed E-state index contributed by atoms with van der Waals surface area (Å²) in [7, 11) is 0. The fourth-order valence-electron chi connectivity index (χ4n) is 3.65. The zero-order valence-electron chi connectivity index (χ0n) is 13.0. The molecule has 0 saturated heterocycles. The molecule has 2 heteroatoms. The molecule has 1 aromatic carbocycles. The van der Waals surface area contributed by atoms with Crippen LogP contribution in [0.1, 0.15) is 44.7 Å². The average molecular weight is 282 g/mol. The van der Waals surface area contributed by atoms with Crippen molar-refractivity contribution in [1.29, 1.82) is 0 Å². The molecular weight excluding hydrogens is 256 g/mol. The van der Waals surface area contributed by atoms with Gasteiger partial charge in [0, 0.05) is 23.5 Å². The van der Waals surface area contributed by atoms with E-state index in [1.807, 2.05) is 6.07 Å². The lowest BCUT2D eigenvalue weighted by molar-refractivity contribution is 0.237. The number of hydrogen-bond acceptors (Lipinski definition) is 2. The lowest BCUT2D eigenvalue weighted by Gasteiger charge is -2.31. The van der Waals surface area contributed by atoms with E-state index in [0.29, 0.717) is 5.92 Å². The summed E-state index contributed by atoms with van der Waals surface area (Å²) in [6.45, 7) is 2.31. The first kappa shape index (κ1) is 14.5. The van der Waals surface area contributed by atoms with Gasteiger partial charge in [-0.2, -0.15) is 0 Å². The summed E-state index contributed by atoms with van der Waals surface area (Å²) in [5.41, 5.74) is 8.69. The number of para-hydroxylation sites is 1. The van der Waals surface area contributed by atoms with Gasteiger partial charge in [-0.15, -0.1) is 0 Å². The minimum absolute atomic E-state index is 0.261. The molecule has 112 valence electrons. The standard InChI is InChI=1S/C19H26N2/c1-2-14-7-9-15(10-8-14)18(20)13-17-12-11-16-5-3-4-6-19(16)21-17/h3-6,11-12,14-15,18H,2,7-10,13,20H2,1H3. The summed E-state index contributed by atoms with van der Waals surface area (Å²) in [6.07, 6.45) is 7.56. The summed E-state index contributed by atoms with van der Waals surface area (Å²) in [5.74, 6) is 1.62. The van der Waals surface area contributed by atoms with Crippen molar-refractivity contribution in [2.24, 2.45) is 17.6 Å². The van der Waals surface area contributed by atoms with E-state index in [4.69, 9.17) is 10.7 Å². The number of nitrogens with zero attached hydrogens (tertiary/aromatic N) is 1. The molecule has 1 atom stereocenters. The first-order valence-corrected chi connectivity index (χ1v) is 8.36. The normalized spacial score (nSPS) is 24.1. The second kappa shape index (κ2) is 6.57. The predicted molar refractivity (Wildman–Crippen MR) is 89.2 cm³/mol. The van der Waals surface area contributed by atoms with Crippen LogP contribution in [0.15, 0.2) is 36.4 Å². The summed E-state index contributed by atoms with van der Waals surface area (Å²) < 4.78 is 0. The molecule has 0 amide bonds. The fourth-order valence-corrected chi connectivity index (χ4v) is 3.65. The van der Waals surface area contributed by atoms with Crippen LogP contribution in [0.2, 0.25) is 0 Å². The fraction of sp³-hybridized carbons (Fsp3) is 0.526. The van der Waals surface area contributed by atoms with Crippen LogP contribution >= 0.6 is 0 Å². The maximum atomic E-state index is 6.47. The largest absolute Gasteiger partial charge is 0.327 e. The van der Waals surface area contributed by atoms with E-state index in [2.05, 4.69) is 37.3 Å². The highest BCUT2D eigenvalue weighted by Gasteiger charge is 2.25. The summed E-state index contributed by atoms with van der Waals surface area (Å²) >= 11 is 0. The van der Waals surface area contributed by atoms with Gasteiger partial charge in [0.05, 0.1) is 5.52 Å². The quantitative estimate of drug-likeness (QED) is 0.907. The topological polar surface area (TPSA) is 38.9 Å². The van der Waals surface area contributed by atoms with Crippen molar-refractivity contribution in [3.05, 3.63) is 42.1 Å². The van der Waals surface area contributed by atoms with Gasteiger partial charge in [0.15, 0.2) is 0 Å². The van der Waals surface area contributed by atoms with Gasteiger partial charge in [-0.3, -0.25) is 4.98 Å². The summed E-state index contributed by atoms with van der Waals surface area (Å²) in [6, 6.07) is 12.9. The van der Waals surface area contributed by atoms with E-state index in [9.17, 15) is 0 Å². The smallest absolute Gasteiger partial charge is 0.0705 e. The SMILES string of the molecule is CCC1CCC(C(N)Cc2ccc3ccccc3n2)CC1. The highest BCUT2D eigenvalue weighted by molar-refractivity contribution is 5.78. The maximum Gasteiger partial charge on any atom is 0.0705 e. The Morgan fingerprint density at radius 3 is 2.62 bits per heavy atom. The van der Waals surface area contributed by atoms with Crippen LogP contribution in [0.25, 0.3) is 10.9 Å². The lowest BCUT2D eigenvalue weighted by atomic mass is 9.77. The molecule has 1 aliphatic rings. The van der Waals surface area contributed by atoms with E-state index < -0.39 is 0 Å². The molecule has 0 aliphatic heterocycles. The second-order valence-electron chi connectivity index (χ2n) is 6.55. The van der Waals surface area contributed by atoms with Gasteiger partial charge >= 0.3 is 0 Å². The van der Waals surface area contributed by atoms with E-state index >= 15 is 0 Å². The van der Waals surface area contributed by atoms with E-state index in [1.54, 1.807) is 0 Å². The van der Waals surface area contributed by atoms with Crippen LogP contribution in [0.5, 0.6) is 0 Å². The van der Waals surface area contributed by atoms with E-state index in [0.717, 1.165) is 23.5 Å². The molecule has 1 saturated carbocycles. The van der Waals surface area contributed by atoms with Crippen LogP contribution in [0, 0.1) is 11.8 Å². The lowest BCUT2D eigenvalue weighted by Crippen LogP contribution is -2.35. The molecule has 1 heterocycles. The van der Waals surface area contributed by atoms with Crippen LogP contribution in [0.3, 0.4) is 0 Å². The number of aromatic nitrogens is 1. The molecular formula is C19H26N2. The van der Waals surface area contributed by atoms with Gasteiger partial charge in [0.25, 0.3) is 0 Å². The summed E-state index contributed by atoms with van der Waals surface area (Å²) in [5, 5.41) is 1.21. The van der Waals surface area contributed by atoms with Crippen molar-refractivity contribution in [3.8, 4) is 0 Å². The molecule has 1 fully saturated rings. The molecule has 21 heavy (non-hydrogen) atoms. The van der Waals surface area contributed by atoms with Crippen molar-refractivity contribution in [1.82, 2.24) is 4.98 Å². The molecule has 2 aromatic rings. The third kappa shape index (κ3) is 3.44. The number of benzene rings is 1. The van der Waals surface area contributed by atoms with Crippen LogP contribution in [-0.2, 0) is 6.42 Å². The Labute approximate surface area is 127 Å². The molecule has 2 N–H and O–H groups in total. The molecule has 1 unspecified atom stereocenters. The number of pyridine rings is 1. The molecule has 1 aromatic heterocycles. The Hall–Kier alpha value is -1.41. The van der Waals surface area contributed by atoms with Crippen molar-refractivity contribution < 1.29 is 0 Å². The van der Waals surface area contributed by atoms with Crippen molar-refractivity contribution in [3.63, 3.8) is 0 Å². The van der Waals surface area contributed by atoms with Gasteiger partial charge in [0.2, 0.25) is 0 Å². The predicted octanol–water partition coefficient (Wildman–Crippen LogP) is 4.32. The Kier molecular flexibility index (Phi) is 4.54.